The van der Waals surface area contributed by atoms with E-state index in [1.54, 1.807) is 20.1 Å². The molecule has 1 aliphatic heterocycles. The van der Waals surface area contributed by atoms with E-state index in [0.717, 1.165) is 43.7 Å². The number of methoxy groups -OCH3 is 1. The first-order valence-corrected chi connectivity index (χ1v) is 6.74. The molecule has 1 amide bonds. The molecule has 0 spiro atoms. The van der Waals surface area contributed by atoms with Gasteiger partial charge in [-0.05, 0) is 24.6 Å². The number of nitrogens with one attached hydrogen (secondary N) is 1. The van der Waals surface area contributed by atoms with Gasteiger partial charge in [-0.1, -0.05) is 0 Å². The third-order valence-corrected chi connectivity index (χ3v) is 3.51. The summed E-state index contributed by atoms with van der Waals surface area (Å²) in [4.78, 5) is 24.2. The number of carbonyl (C=O) groups is 2. The summed E-state index contributed by atoms with van der Waals surface area (Å²) in [6.07, 6.45) is 1.79. The first-order chi connectivity index (χ1) is 9.62. The summed E-state index contributed by atoms with van der Waals surface area (Å²) in [6.45, 7) is 4.02. The number of hydrogen-bond donors (Lipinski definition) is 1. The Morgan fingerprint density at radius 2 is 2.35 bits per heavy atom. The lowest BCUT2D eigenvalue weighted by molar-refractivity contribution is -0.119. The molecular formula is C15H20N2O3. The van der Waals surface area contributed by atoms with Crippen LogP contribution < -0.4 is 10.1 Å². The van der Waals surface area contributed by atoms with Crippen molar-refractivity contribution in [2.24, 2.45) is 0 Å². The predicted molar refractivity (Wildman–Crippen MR) is 75.9 cm³/mol. The Hall–Kier alpha value is -1.88. The summed E-state index contributed by atoms with van der Waals surface area (Å²) in [5, 5.41) is 2.94. The van der Waals surface area contributed by atoms with E-state index in [2.05, 4.69) is 10.2 Å². The molecule has 1 heterocycles. The highest BCUT2D eigenvalue weighted by molar-refractivity contribution is 5.75. The lowest BCUT2D eigenvalue weighted by atomic mass is 10.1. The molecule has 20 heavy (non-hydrogen) atoms. The van der Waals surface area contributed by atoms with E-state index in [0.29, 0.717) is 5.56 Å². The Bertz CT molecular complexity index is 502. The lowest BCUT2D eigenvalue weighted by Crippen LogP contribution is -2.35. The quantitative estimate of drug-likeness (QED) is 0.822. The third kappa shape index (κ3) is 3.57. The molecule has 0 radical (unpaired) electrons. The smallest absolute Gasteiger partial charge is 0.217 e. The van der Waals surface area contributed by atoms with E-state index in [9.17, 15) is 9.59 Å². The van der Waals surface area contributed by atoms with E-state index in [-0.39, 0.29) is 11.9 Å². The molecular weight excluding hydrogens is 256 g/mol. The van der Waals surface area contributed by atoms with Gasteiger partial charge in [0.1, 0.15) is 12.0 Å². The van der Waals surface area contributed by atoms with Crippen molar-refractivity contribution < 1.29 is 14.3 Å². The molecule has 0 aromatic heterocycles. The highest BCUT2D eigenvalue weighted by Crippen LogP contribution is 2.23. The molecule has 0 saturated carbocycles. The van der Waals surface area contributed by atoms with E-state index in [1.807, 2.05) is 12.1 Å². The number of carbonyl (C=O) groups excluding carboxylic acids is 2. The van der Waals surface area contributed by atoms with Gasteiger partial charge in [-0.15, -0.1) is 0 Å². The average Bonchev–Trinajstić information content (AvgIpc) is 2.85. The molecule has 1 aromatic rings. The molecule has 5 nitrogen and oxygen atoms in total. The number of ether oxygens (including phenoxy) is 1. The van der Waals surface area contributed by atoms with Gasteiger partial charge in [0.15, 0.2) is 0 Å². The minimum Gasteiger partial charge on any atom is -0.496 e. The van der Waals surface area contributed by atoms with Gasteiger partial charge in [0, 0.05) is 43.7 Å². The molecule has 0 aliphatic carbocycles. The van der Waals surface area contributed by atoms with Crippen molar-refractivity contribution in [1.29, 1.82) is 0 Å². The first-order valence-electron chi connectivity index (χ1n) is 6.74. The molecule has 1 aromatic carbocycles. The molecule has 1 N–H and O–H groups in total. The maximum absolute atomic E-state index is 11.1. The zero-order chi connectivity index (χ0) is 14.5. The largest absolute Gasteiger partial charge is 0.496 e. The third-order valence-electron chi connectivity index (χ3n) is 3.51. The zero-order valence-corrected chi connectivity index (χ0v) is 11.9. The van der Waals surface area contributed by atoms with Crippen molar-refractivity contribution in [1.82, 2.24) is 10.2 Å². The minimum absolute atomic E-state index is 0.0115. The van der Waals surface area contributed by atoms with Crippen molar-refractivity contribution in [2.75, 3.05) is 20.2 Å². The highest BCUT2D eigenvalue weighted by atomic mass is 16.5. The topological polar surface area (TPSA) is 58.6 Å². The van der Waals surface area contributed by atoms with E-state index in [1.165, 1.54) is 0 Å². The van der Waals surface area contributed by atoms with Crippen LogP contribution in [-0.2, 0) is 11.3 Å². The predicted octanol–water partition coefficient (Wildman–Crippen LogP) is 1.22. The Morgan fingerprint density at radius 3 is 3.00 bits per heavy atom. The van der Waals surface area contributed by atoms with E-state index < -0.39 is 0 Å². The van der Waals surface area contributed by atoms with Crippen LogP contribution in [0.5, 0.6) is 5.75 Å². The Labute approximate surface area is 118 Å². The molecule has 108 valence electrons. The molecule has 2 rings (SSSR count). The van der Waals surface area contributed by atoms with Crippen LogP contribution in [0.1, 0.15) is 29.3 Å². The summed E-state index contributed by atoms with van der Waals surface area (Å²) in [5.74, 6) is 0.802. The number of aldehydes is 1. The molecule has 5 heteroatoms. The summed E-state index contributed by atoms with van der Waals surface area (Å²) in [7, 11) is 1.63. The van der Waals surface area contributed by atoms with Crippen LogP contribution in [0.2, 0.25) is 0 Å². The fraction of sp³-hybridized carbons (Fsp3) is 0.467. The van der Waals surface area contributed by atoms with Gasteiger partial charge in [0.05, 0.1) is 7.11 Å². The Balaban J connectivity index is 2.03. The highest BCUT2D eigenvalue weighted by Gasteiger charge is 2.23. The zero-order valence-electron chi connectivity index (χ0n) is 11.9. The van der Waals surface area contributed by atoms with Crippen molar-refractivity contribution in [3.8, 4) is 5.75 Å². The Kier molecular flexibility index (Phi) is 4.74. The summed E-state index contributed by atoms with van der Waals surface area (Å²) < 4.78 is 5.33. The maximum Gasteiger partial charge on any atom is 0.217 e. The fourth-order valence-corrected chi connectivity index (χ4v) is 2.62. The standard InChI is InChI=1S/C15H20N2O3/c1-11(19)16-14-5-6-17(9-14)8-13-7-12(10-18)3-4-15(13)20-2/h3-4,7,10,14H,5-6,8-9H2,1-2H3,(H,16,19). The average molecular weight is 276 g/mol. The van der Waals surface area contributed by atoms with Crippen LogP contribution in [0.4, 0.5) is 0 Å². The van der Waals surface area contributed by atoms with Crippen molar-refractivity contribution >= 4 is 12.2 Å². The number of rotatable bonds is 5. The SMILES string of the molecule is COc1ccc(C=O)cc1CN1CCC(NC(C)=O)C1. The van der Waals surface area contributed by atoms with Crippen molar-refractivity contribution in [2.45, 2.75) is 25.9 Å². The van der Waals surface area contributed by atoms with Gasteiger partial charge < -0.3 is 10.1 Å². The summed E-state index contributed by atoms with van der Waals surface area (Å²) in [5.41, 5.74) is 1.65. The van der Waals surface area contributed by atoms with E-state index >= 15 is 0 Å². The summed E-state index contributed by atoms with van der Waals surface area (Å²) >= 11 is 0. The van der Waals surface area contributed by atoms with Gasteiger partial charge in [-0.2, -0.15) is 0 Å². The molecule has 1 fully saturated rings. The first kappa shape index (κ1) is 14.5. The van der Waals surface area contributed by atoms with Crippen LogP contribution in [0.15, 0.2) is 18.2 Å². The van der Waals surface area contributed by atoms with Gasteiger partial charge in [0.25, 0.3) is 0 Å². The number of hydrogen-bond acceptors (Lipinski definition) is 4. The van der Waals surface area contributed by atoms with Crippen molar-refractivity contribution in [3.05, 3.63) is 29.3 Å². The monoisotopic (exact) mass is 276 g/mol. The van der Waals surface area contributed by atoms with Crippen LogP contribution in [0, 0.1) is 0 Å². The van der Waals surface area contributed by atoms with Gasteiger partial charge >= 0.3 is 0 Å². The maximum atomic E-state index is 11.1. The van der Waals surface area contributed by atoms with Crippen molar-refractivity contribution in [3.63, 3.8) is 0 Å². The van der Waals surface area contributed by atoms with Gasteiger partial charge in [-0.25, -0.2) is 0 Å². The molecule has 1 saturated heterocycles. The van der Waals surface area contributed by atoms with Crippen LogP contribution in [-0.4, -0.2) is 43.3 Å². The fourth-order valence-electron chi connectivity index (χ4n) is 2.62. The van der Waals surface area contributed by atoms with Gasteiger partial charge in [0.2, 0.25) is 5.91 Å². The number of benzene rings is 1. The Morgan fingerprint density at radius 1 is 1.55 bits per heavy atom. The van der Waals surface area contributed by atoms with Crippen LogP contribution >= 0.6 is 0 Å². The second-order valence-electron chi connectivity index (χ2n) is 5.11. The second kappa shape index (κ2) is 6.52. The number of amides is 1. The molecule has 1 unspecified atom stereocenters. The molecule has 0 bridgehead atoms. The van der Waals surface area contributed by atoms with Crippen LogP contribution in [0.25, 0.3) is 0 Å². The second-order valence-corrected chi connectivity index (χ2v) is 5.11. The number of nitrogens with zero attached hydrogens (tertiary/aromatic N) is 1. The van der Waals surface area contributed by atoms with Gasteiger partial charge in [-0.3, -0.25) is 14.5 Å². The summed E-state index contributed by atoms with van der Waals surface area (Å²) in [6, 6.07) is 5.64. The lowest BCUT2D eigenvalue weighted by Gasteiger charge is -2.18. The van der Waals surface area contributed by atoms with E-state index in [4.69, 9.17) is 4.74 Å². The van der Waals surface area contributed by atoms with Crippen LogP contribution in [0.3, 0.4) is 0 Å². The molecule has 1 atom stereocenters. The minimum atomic E-state index is 0.0115. The normalized spacial score (nSPS) is 18.8. The molecule has 1 aliphatic rings. The number of likely N-dealkylation sites (tertiary alicyclic amines) is 1.